The van der Waals surface area contributed by atoms with E-state index in [0.717, 1.165) is 31.9 Å². The molecule has 0 saturated heterocycles. The summed E-state index contributed by atoms with van der Waals surface area (Å²) in [5.41, 5.74) is 2.82. The molecule has 0 heterocycles. The summed E-state index contributed by atoms with van der Waals surface area (Å²) < 4.78 is 29.9. The second kappa shape index (κ2) is 13.3. The molecule has 3 aromatic rings. The number of sulfonamides is 1. The predicted molar refractivity (Wildman–Crippen MR) is 159 cm³/mol. The Morgan fingerprint density at radius 3 is 2.21 bits per heavy atom. The topological polar surface area (TPSA) is 86.8 Å². The van der Waals surface area contributed by atoms with E-state index in [-0.39, 0.29) is 23.4 Å². The molecule has 0 fully saturated rings. The van der Waals surface area contributed by atoms with Gasteiger partial charge in [-0.1, -0.05) is 65.3 Å². The summed E-state index contributed by atoms with van der Waals surface area (Å²) in [5, 5.41) is 2.95. The number of carbonyl (C=O) groups is 2. The van der Waals surface area contributed by atoms with Crippen molar-refractivity contribution < 1.29 is 18.0 Å². The Balaban J connectivity index is 2.05. The highest BCUT2D eigenvalue weighted by Gasteiger charge is 2.33. The highest BCUT2D eigenvalue weighted by atomic mass is 79.9. The lowest BCUT2D eigenvalue weighted by molar-refractivity contribution is -0.139. The van der Waals surface area contributed by atoms with Gasteiger partial charge in [0.1, 0.15) is 12.6 Å². The Morgan fingerprint density at radius 1 is 0.949 bits per heavy atom. The largest absolute Gasteiger partial charge is 0.352 e. The first-order valence-corrected chi connectivity index (χ1v) is 15.2. The van der Waals surface area contributed by atoms with E-state index < -0.39 is 28.5 Å². The van der Waals surface area contributed by atoms with Gasteiger partial charge in [-0.25, -0.2) is 8.42 Å². The fraction of sp³-hybridized carbons (Fsp3) is 0.333. The van der Waals surface area contributed by atoms with Gasteiger partial charge in [0.05, 0.1) is 10.6 Å². The first-order valence-electron chi connectivity index (χ1n) is 12.9. The Bertz CT molecular complexity index is 1400. The van der Waals surface area contributed by atoms with Crippen LogP contribution in [0.3, 0.4) is 0 Å². The van der Waals surface area contributed by atoms with Crippen LogP contribution in [0.5, 0.6) is 0 Å². The molecule has 0 aliphatic rings. The van der Waals surface area contributed by atoms with Gasteiger partial charge in [0.25, 0.3) is 10.0 Å². The minimum absolute atomic E-state index is 0.0607. The minimum atomic E-state index is -4.09. The maximum atomic E-state index is 14.0. The van der Waals surface area contributed by atoms with E-state index >= 15 is 0 Å². The van der Waals surface area contributed by atoms with Crippen LogP contribution in [0.2, 0.25) is 0 Å². The van der Waals surface area contributed by atoms with E-state index in [1.54, 1.807) is 31.2 Å². The van der Waals surface area contributed by atoms with Crippen LogP contribution >= 0.6 is 15.9 Å². The van der Waals surface area contributed by atoms with Gasteiger partial charge in [-0.15, -0.1) is 0 Å². The summed E-state index contributed by atoms with van der Waals surface area (Å²) in [6.45, 7) is 8.92. The summed E-state index contributed by atoms with van der Waals surface area (Å²) in [7, 11) is -4.09. The zero-order chi connectivity index (χ0) is 28.7. The summed E-state index contributed by atoms with van der Waals surface area (Å²) in [6.07, 6.45) is 0.745. The maximum Gasteiger partial charge on any atom is 0.264 e. The van der Waals surface area contributed by atoms with E-state index in [4.69, 9.17) is 0 Å². The molecule has 208 valence electrons. The highest BCUT2D eigenvalue weighted by molar-refractivity contribution is 9.10. The first kappa shape index (κ1) is 30.4. The zero-order valence-corrected chi connectivity index (χ0v) is 25.4. The third-order valence-corrected chi connectivity index (χ3v) is 8.98. The Labute approximate surface area is 240 Å². The van der Waals surface area contributed by atoms with Crippen LogP contribution < -0.4 is 9.62 Å². The lowest BCUT2D eigenvalue weighted by Crippen LogP contribution is -2.52. The van der Waals surface area contributed by atoms with Crippen LogP contribution in [-0.2, 0) is 26.2 Å². The smallest absolute Gasteiger partial charge is 0.264 e. The number of hydrogen-bond donors (Lipinski definition) is 1. The number of halogens is 1. The molecule has 3 aromatic carbocycles. The highest BCUT2D eigenvalue weighted by Crippen LogP contribution is 2.28. The molecule has 0 aliphatic heterocycles. The Kier molecular flexibility index (Phi) is 10.3. The number of amides is 2. The molecule has 1 N–H and O–H groups in total. The number of nitrogens with one attached hydrogen (secondary N) is 1. The monoisotopic (exact) mass is 613 g/mol. The molecule has 0 saturated carbocycles. The van der Waals surface area contributed by atoms with Crippen molar-refractivity contribution in [2.45, 2.75) is 64.6 Å². The molecule has 0 unspecified atom stereocenters. The van der Waals surface area contributed by atoms with Crippen molar-refractivity contribution in [2.75, 3.05) is 10.8 Å². The quantitative estimate of drug-likeness (QED) is 0.305. The average Bonchev–Trinajstić information content (AvgIpc) is 2.92. The van der Waals surface area contributed by atoms with E-state index in [1.807, 2.05) is 64.1 Å². The molecule has 0 aliphatic carbocycles. The number of anilines is 1. The first-order chi connectivity index (χ1) is 18.4. The average molecular weight is 615 g/mol. The molecule has 2 atom stereocenters. The van der Waals surface area contributed by atoms with Crippen molar-refractivity contribution in [2.24, 2.45) is 0 Å². The van der Waals surface area contributed by atoms with Crippen LogP contribution in [0.4, 0.5) is 5.69 Å². The van der Waals surface area contributed by atoms with Crippen LogP contribution in [0.25, 0.3) is 0 Å². The number of benzene rings is 3. The molecule has 9 heteroatoms. The van der Waals surface area contributed by atoms with Crippen molar-refractivity contribution in [3.63, 3.8) is 0 Å². The normalized spacial score (nSPS) is 12.9. The van der Waals surface area contributed by atoms with Crippen LogP contribution in [0.15, 0.2) is 82.2 Å². The van der Waals surface area contributed by atoms with Gasteiger partial charge in [-0.2, -0.15) is 0 Å². The lowest BCUT2D eigenvalue weighted by atomic mass is 10.1. The SMILES string of the molecule is CC[C@H](C)NC(=O)[C@H](C)N(Cc1ccc(Br)cc1)C(=O)CN(c1cc(C)ccc1C)S(=O)(=O)c1ccccc1. The summed E-state index contributed by atoms with van der Waals surface area (Å²) in [5.74, 6) is -0.774. The maximum absolute atomic E-state index is 14.0. The van der Waals surface area contributed by atoms with E-state index in [0.29, 0.717) is 5.69 Å². The molecule has 0 radical (unpaired) electrons. The molecule has 0 spiro atoms. The van der Waals surface area contributed by atoms with E-state index in [1.165, 1.54) is 17.0 Å². The number of hydrogen-bond acceptors (Lipinski definition) is 4. The number of carbonyl (C=O) groups excluding carboxylic acids is 2. The summed E-state index contributed by atoms with van der Waals surface area (Å²) in [4.78, 5) is 28.7. The van der Waals surface area contributed by atoms with Crippen LogP contribution in [0.1, 0.15) is 43.9 Å². The van der Waals surface area contributed by atoms with E-state index in [2.05, 4.69) is 21.2 Å². The van der Waals surface area contributed by atoms with Gasteiger partial charge in [-0.3, -0.25) is 13.9 Å². The molecule has 0 bridgehead atoms. The fourth-order valence-corrected chi connectivity index (χ4v) is 5.81. The van der Waals surface area contributed by atoms with Crippen molar-refractivity contribution in [1.82, 2.24) is 10.2 Å². The molecular weight excluding hydrogens is 578 g/mol. The van der Waals surface area contributed by atoms with Crippen molar-refractivity contribution in [3.05, 3.63) is 94.0 Å². The number of nitrogens with zero attached hydrogens (tertiary/aromatic N) is 2. The minimum Gasteiger partial charge on any atom is -0.352 e. The van der Waals surface area contributed by atoms with Gasteiger partial charge < -0.3 is 10.2 Å². The van der Waals surface area contributed by atoms with Gasteiger partial charge in [-0.05, 0) is 81.1 Å². The predicted octanol–water partition coefficient (Wildman–Crippen LogP) is 5.59. The number of rotatable bonds is 11. The number of aryl methyl sites for hydroxylation is 2. The second-order valence-electron chi connectivity index (χ2n) is 9.76. The van der Waals surface area contributed by atoms with Gasteiger partial charge >= 0.3 is 0 Å². The third-order valence-electron chi connectivity index (χ3n) is 6.68. The molecule has 39 heavy (non-hydrogen) atoms. The summed E-state index contributed by atoms with van der Waals surface area (Å²) in [6, 6.07) is 20.1. The third kappa shape index (κ3) is 7.70. The van der Waals surface area contributed by atoms with Crippen molar-refractivity contribution in [3.8, 4) is 0 Å². The fourth-order valence-electron chi connectivity index (χ4n) is 4.06. The van der Waals surface area contributed by atoms with Crippen LogP contribution in [0, 0.1) is 13.8 Å². The van der Waals surface area contributed by atoms with Gasteiger partial charge in [0.15, 0.2) is 0 Å². The Hall–Kier alpha value is -3.17. The van der Waals surface area contributed by atoms with Gasteiger partial charge in [0.2, 0.25) is 11.8 Å². The molecule has 3 rings (SSSR count). The lowest BCUT2D eigenvalue weighted by Gasteiger charge is -2.33. The van der Waals surface area contributed by atoms with Crippen molar-refractivity contribution in [1.29, 1.82) is 0 Å². The van der Waals surface area contributed by atoms with Crippen LogP contribution in [-0.4, -0.2) is 43.8 Å². The standard InChI is InChI=1S/C30H36BrN3O4S/c1-6-23(4)32-30(36)24(5)33(19-25-14-16-26(31)17-15-25)29(35)20-34(28-18-21(2)12-13-22(28)3)39(37,38)27-10-8-7-9-11-27/h7-18,23-24H,6,19-20H2,1-5H3,(H,32,36)/t23-,24-/m0/s1. The zero-order valence-electron chi connectivity index (χ0n) is 23.0. The molecule has 0 aromatic heterocycles. The molecular formula is C30H36BrN3O4S. The molecule has 7 nitrogen and oxygen atoms in total. The van der Waals surface area contributed by atoms with E-state index in [9.17, 15) is 18.0 Å². The summed E-state index contributed by atoms with van der Waals surface area (Å²) >= 11 is 3.42. The van der Waals surface area contributed by atoms with Crippen molar-refractivity contribution >= 4 is 43.5 Å². The molecule has 2 amide bonds. The van der Waals surface area contributed by atoms with Gasteiger partial charge in [0, 0.05) is 17.1 Å². The second-order valence-corrected chi connectivity index (χ2v) is 12.5. The Morgan fingerprint density at radius 2 is 1.59 bits per heavy atom.